The largest absolute Gasteiger partial charge is 0.494 e. The van der Waals surface area contributed by atoms with Crippen LogP contribution in [0.5, 0.6) is 5.75 Å². The van der Waals surface area contributed by atoms with Crippen LogP contribution in [-0.4, -0.2) is 21.2 Å². The van der Waals surface area contributed by atoms with Gasteiger partial charge in [-0.1, -0.05) is 41.7 Å². The molecule has 0 saturated heterocycles. The lowest BCUT2D eigenvalue weighted by Gasteiger charge is -2.02. The number of benzene rings is 2. The van der Waals surface area contributed by atoms with Crippen molar-refractivity contribution in [3.05, 3.63) is 75.0 Å². The first-order chi connectivity index (χ1) is 12.2. The lowest BCUT2D eigenvalue weighted by atomic mass is 10.2. The Labute approximate surface area is 147 Å². The van der Waals surface area contributed by atoms with Crippen molar-refractivity contribution in [3.63, 3.8) is 0 Å². The van der Waals surface area contributed by atoms with Gasteiger partial charge >= 0.3 is 0 Å². The second kappa shape index (κ2) is 6.49. The minimum Gasteiger partial charge on any atom is -0.494 e. The normalized spacial score (nSPS) is 12.0. The molecular weight excluding hydrogens is 334 g/mol. The average Bonchev–Trinajstić information content (AvgIpc) is 3.17. The minimum absolute atomic E-state index is 0.145. The second-order valence-electron chi connectivity index (χ2n) is 5.41. The predicted octanol–water partition coefficient (Wildman–Crippen LogP) is 2.76. The van der Waals surface area contributed by atoms with E-state index in [-0.39, 0.29) is 5.56 Å². The van der Waals surface area contributed by atoms with E-state index < -0.39 is 0 Å². The highest BCUT2D eigenvalue weighted by atomic mass is 32.1. The molecule has 124 valence electrons. The molecule has 2 aromatic carbocycles. The molecule has 0 unspecified atom stereocenters. The standard InChI is InChI=1S/C19H15N3O2S/c1-2-24-15-10-8-14(9-11-15)17-20-19-22(21-17)18(23)16(25-19)12-13-6-4-3-5-7-13/h3-12H,2H2,1H3. The Bertz CT molecular complexity index is 1120. The number of hydrogen-bond donors (Lipinski definition) is 0. The van der Waals surface area contributed by atoms with Gasteiger partial charge in [0.15, 0.2) is 5.82 Å². The molecule has 2 aromatic heterocycles. The highest BCUT2D eigenvalue weighted by molar-refractivity contribution is 7.15. The third kappa shape index (κ3) is 3.04. The minimum atomic E-state index is -0.145. The number of hydrogen-bond acceptors (Lipinski definition) is 5. The van der Waals surface area contributed by atoms with Crippen molar-refractivity contribution >= 4 is 22.4 Å². The fraction of sp³-hybridized carbons (Fsp3) is 0.105. The second-order valence-corrected chi connectivity index (χ2v) is 6.42. The summed E-state index contributed by atoms with van der Waals surface area (Å²) < 4.78 is 7.42. The molecule has 0 aliphatic carbocycles. The van der Waals surface area contributed by atoms with E-state index in [1.807, 2.05) is 67.6 Å². The van der Waals surface area contributed by atoms with E-state index in [2.05, 4.69) is 10.1 Å². The van der Waals surface area contributed by atoms with Gasteiger partial charge < -0.3 is 4.74 Å². The number of rotatable bonds is 4. The third-order valence-corrected chi connectivity index (χ3v) is 4.66. The Kier molecular flexibility index (Phi) is 4.03. The van der Waals surface area contributed by atoms with Crippen LogP contribution < -0.4 is 14.8 Å². The lowest BCUT2D eigenvalue weighted by molar-refractivity contribution is 0.340. The third-order valence-electron chi connectivity index (χ3n) is 3.70. The van der Waals surface area contributed by atoms with Gasteiger partial charge in [0.05, 0.1) is 11.1 Å². The zero-order valence-corrected chi connectivity index (χ0v) is 14.4. The molecule has 0 N–H and O–H groups in total. The van der Waals surface area contributed by atoms with E-state index in [0.29, 0.717) is 21.9 Å². The lowest BCUT2D eigenvalue weighted by Crippen LogP contribution is -2.23. The zero-order chi connectivity index (χ0) is 17.2. The van der Waals surface area contributed by atoms with Crippen LogP contribution in [0.1, 0.15) is 12.5 Å². The molecule has 0 amide bonds. The number of nitrogens with zero attached hydrogens (tertiary/aromatic N) is 3. The molecule has 4 rings (SSSR count). The quantitative estimate of drug-likeness (QED) is 0.568. The van der Waals surface area contributed by atoms with Crippen molar-refractivity contribution in [1.82, 2.24) is 14.6 Å². The van der Waals surface area contributed by atoms with Crippen molar-refractivity contribution < 1.29 is 4.74 Å². The van der Waals surface area contributed by atoms with Crippen molar-refractivity contribution in [1.29, 1.82) is 0 Å². The first-order valence-corrected chi connectivity index (χ1v) is 8.76. The van der Waals surface area contributed by atoms with Gasteiger partial charge in [0, 0.05) is 5.56 Å². The van der Waals surface area contributed by atoms with E-state index in [9.17, 15) is 4.79 Å². The maximum absolute atomic E-state index is 12.5. The van der Waals surface area contributed by atoms with Gasteiger partial charge in [-0.15, -0.1) is 5.10 Å². The number of ether oxygens (including phenoxy) is 1. The van der Waals surface area contributed by atoms with Crippen LogP contribution in [0.3, 0.4) is 0 Å². The SMILES string of the molecule is CCOc1ccc(-c2nc3sc(=Cc4ccccc4)c(=O)n3n2)cc1. The number of thiazole rings is 1. The number of aromatic nitrogens is 3. The highest BCUT2D eigenvalue weighted by Gasteiger charge is 2.12. The van der Waals surface area contributed by atoms with E-state index in [4.69, 9.17) is 4.74 Å². The molecule has 0 atom stereocenters. The van der Waals surface area contributed by atoms with Gasteiger partial charge in [0.1, 0.15) is 5.75 Å². The molecule has 0 radical (unpaired) electrons. The average molecular weight is 349 g/mol. The van der Waals surface area contributed by atoms with Crippen molar-refractivity contribution in [2.45, 2.75) is 6.92 Å². The Balaban J connectivity index is 1.73. The van der Waals surface area contributed by atoms with E-state index in [1.165, 1.54) is 15.9 Å². The molecule has 0 aliphatic heterocycles. The van der Waals surface area contributed by atoms with Gasteiger partial charge in [-0.2, -0.15) is 9.50 Å². The van der Waals surface area contributed by atoms with Crippen molar-refractivity contribution in [3.8, 4) is 17.1 Å². The molecule has 0 aliphatic rings. The van der Waals surface area contributed by atoms with Crippen LogP contribution >= 0.6 is 11.3 Å². The van der Waals surface area contributed by atoms with E-state index >= 15 is 0 Å². The maximum atomic E-state index is 12.5. The molecule has 0 bridgehead atoms. The molecule has 25 heavy (non-hydrogen) atoms. The summed E-state index contributed by atoms with van der Waals surface area (Å²) >= 11 is 1.34. The van der Waals surface area contributed by atoms with Crippen molar-refractivity contribution in [2.75, 3.05) is 6.61 Å². The summed E-state index contributed by atoms with van der Waals surface area (Å²) in [4.78, 5) is 17.6. The van der Waals surface area contributed by atoms with Gasteiger partial charge in [-0.25, -0.2) is 0 Å². The summed E-state index contributed by atoms with van der Waals surface area (Å²) in [5, 5.41) is 4.36. The first kappa shape index (κ1) is 15.5. The Morgan fingerprint density at radius 2 is 1.88 bits per heavy atom. The summed E-state index contributed by atoms with van der Waals surface area (Å²) in [6, 6.07) is 17.3. The molecule has 6 heteroatoms. The van der Waals surface area contributed by atoms with E-state index in [0.717, 1.165) is 16.9 Å². The molecule has 5 nitrogen and oxygen atoms in total. The van der Waals surface area contributed by atoms with E-state index in [1.54, 1.807) is 0 Å². The molecule has 4 aromatic rings. The van der Waals surface area contributed by atoms with Gasteiger partial charge in [0.25, 0.3) is 5.56 Å². The summed E-state index contributed by atoms with van der Waals surface area (Å²) in [5.74, 6) is 1.34. The fourth-order valence-corrected chi connectivity index (χ4v) is 3.43. The molecule has 0 saturated carbocycles. The van der Waals surface area contributed by atoms with Gasteiger partial charge in [-0.3, -0.25) is 4.79 Å². The monoisotopic (exact) mass is 349 g/mol. The van der Waals surface area contributed by atoms with Crippen LogP contribution in [0.15, 0.2) is 59.4 Å². The van der Waals surface area contributed by atoms with Crippen LogP contribution in [0.25, 0.3) is 22.4 Å². The summed E-state index contributed by atoms with van der Waals surface area (Å²) in [6.07, 6.45) is 1.86. The summed E-state index contributed by atoms with van der Waals surface area (Å²) in [7, 11) is 0. The molecule has 2 heterocycles. The molecular formula is C19H15N3O2S. The van der Waals surface area contributed by atoms with Crippen LogP contribution in [-0.2, 0) is 0 Å². The molecule has 0 fully saturated rings. The smallest absolute Gasteiger partial charge is 0.291 e. The van der Waals surface area contributed by atoms with Gasteiger partial charge in [-0.05, 0) is 42.8 Å². The zero-order valence-electron chi connectivity index (χ0n) is 13.5. The Hall–Kier alpha value is -2.99. The Morgan fingerprint density at radius 1 is 1.12 bits per heavy atom. The van der Waals surface area contributed by atoms with Crippen LogP contribution in [0.4, 0.5) is 0 Å². The highest BCUT2D eigenvalue weighted by Crippen LogP contribution is 2.20. The van der Waals surface area contributed by atoms with Crippen LogP contribution in [0, 0.1) is 0 Å². The number of fused-ring (bicyclic) bond motifs is 1. The summed E-state index contributed by atoms with van der Waals surface area (Å²) in [6.45, 7) is 2.57. The van der Waals surface area contributed by atoms with Gasteiger partial charge in [0.2, 0.25) is 4.96 Å². The summed E-state index contributed by atoms with van der Waals surface area (Å²) in [5.41, 5.74) is 1.69. The maximum Gasteiger partial charge on any atom is 0.291 e. The predicted molar refractivity (Wildman–Crippen MR) is 99.0 cm³/mol. The topological polar surface area (TPSA) is 56.5 Å². The first-order valence-electron chi connectivity index (χ1n) is 7.94. The Morgan fingerprint density at radius 3 is 2.56 bits per heavy atom. The van der Waals surface area contributed by atoms with Crippen molar-refractivity contribution in [2.24, 2.45) is 0 Å². The molecule has 0 spiro atoms. The van der Waals surface area contributed by atoms with Crippen LogP contribution in [0.2, 0.25) is 0 Å². The fourth-order valence-electron chi connectivity index (χ4n) is 2.52.